The van der Waals surface area contributed by atoms with E-state index >= 15 is 0 Å². The van der Waals surface area contributed by atoms with Crippen molar-refractivity contribution in [1.29, 1.82) is 0 Å². The summed E-state index contributed by atoms with van der Waals surface area (Å²) in [6.45, 7) is 0. The second-order valence-corrected chi connectivity index (χ2v) is 0.493. The van der Waals surface area contributed by atoms with Crippen molar-refractivity contribution in [3.8, 4) is 0 Å². The van der Waals surface area contributed by atoms with Crippen molar-refractivity contribution in [2.75, 3.05) is 0 Å². The summed E-state index contributed by atoms with van der Waals surface area (Å²) in [7, 11) is 0. The monoisotopic (exact) mass is 196 g/mol. The molecule has 0 aliphatic heterocycles. The van der Waals surface area contributed by atoms with E-state index in [2.05, 4.69) is 15.4 Å². The first kappa shape index (κ1) is 9.24. The van der Waals surface area contributed by atoms with Crippen LogP contribution in [0.5, 0.6) is 0 Å². The molecule has 5 heteroatoms. The standard InChI is InChI=1S/Ni.3O.Zr. The third-order valence-electron chi connectivity index (χ3n) is 0. The molecule has 0 bridgehead atoms. The van der Waals surface area contributed by atoms with Crippen LogP contribution in [0.2, 0.25) is 0 Å². The Hall–Kier alpha value is 0.777. The summed E-state index contributed by atoms with van der Waals surface area (Å²) in [5.74, 6) is 0. The van der Waals surface area contributed by atoms with Gasteiger partial charge >= 0.3 is 48.2 Å². The van der Waals surface area contributed by atoms with Crippen molar-refractivity contribution < 1.29 is 48.2 Å². The van der Waals surface area contributed by atoms with E-state index < -0.39 is 23.2 Å². The molecule has 0 aromatic carbocycles. The van der Waals surface area contributed by atoms with E-state index in [1.807, 2.05) is 0 Å². The summed E-state index contributed by atoms with van der Waals surface area (Å²) in [5.41, 5.74) is 0. The topological polar surface area (TPSA) is 51.2 Å². The van der Waals surface area contributed by atoms with Gasteiger partial charge in [-0.25, -0.2) is 0 Å². The first-order valence-corrected chi connectivity index (χ1v) is 2.95. The van der Waals surface area contributed by atoms with Crippen LogP contribution in [0.4, 0.5) is 0 Å². The van der Waals surface area contributed by atoms with Gasteiger partial charge in [0.05, 0.1) is 0 Å². The Kier molecular flexibility index (Phi) is 39.9. The van der Waals surface area contributed by atoms with Crippen LogP contribution in [0.25, 0.3) is 0 Å². The van der Waals surface area contributed by atoms with Crippen LogP contribution in [0.1, 0.15) is 0 Å². The third-order valence-corrected chi connectivity index (χ3v) is 0. The van der Waals surface area contributed by atoms with Gasteiger partial charge in [0.2, 0.25) is 0 Å². The maximum atomic E-state index is 8.54. The van der Waals surface area contributed by atoms with Crippen LogP contribution in [-0.2, 0) is 48.2 Å². The Labute approximate surface area is 48.1 Å². The molecule has 5 heavy (non-hydrogen) atoms. The fraction of sp³-hybridized carbons (Fsp3) is 0. The maximum absolute atomic E-state index is 8.54. The summed E-state index contributed by atoms with van der Waals surface area (Å²) < 4.78 is 25.0. The molecule has 0 spiro atoms. The Morgan fingerprint density at radius 2 is 1.20 bits per heavy atom. The van der Waals surface area contributed by atoms with Crippen molar-refractivity contribution in [2.45, 2.75) is 0 Å². The van der Waals surface area contributed by atoms with Crippen LogP contribution in [0, 0.1) is 0 Å². The molecule has 0 saturated carbocycles. The van der Waals surface area contributed by atoms with E-state index in [1.54, 1.807) is 0 Å². The van der Waals surface area contributed by atoms with Crippen LogP contribution in [-0.4, -0.2) is 0 Å². The second-order valence-electron chi connectivity index (χ2n) is 0.0833. The van der Waals surface area contributed by atoms with Crippen molar-refractivity contribution >= 4 is 0 Å². The van der Waals surface area contributed by atoms with Crippen molar-refractivity contribution in [3.63, 3.8) is 0 Å². The van der Waals surface area contributed by atoms with Gasteiger partial charge in [0, 0.05) is 0 Å². The average molecular weight is 198 g/mol. The molecule has 0 amide bonds. The Balaban J connectivity index is 0. The number of hydrogen-bond acceptors (Lipinski definition) is 3. The molecular weight excluding hydrogens is 198 g/mol. The van der Waals surface area contributed by atoms with Gasteiger partial charge in [-0.2, -0.15) is 0 Å². The van der Waals surface area contributed by atoms with E-state index in [0.29, 0.717) is 0 Å². The van der Waals surface area contributed by atoms with Gasteiger partial charge in [-0.1, -0.05) is 0 Å². The van der Waals surface area contributed by atoms with Gasteiger partial charge in [-0.05, 0) is 0 Å². The third kappa shape index (κ3) is 61.1. The fourth-order valence-corrected chi connectivity index (χ4v) is 0. The Bertz CT molecular complexity index is 36.2. The van der Waals surface area contributed by atoms with Crippen molar-refractivity contribution in [2.24, 2.45) is 0 Å². The molecule has 0 radical (unpaired) electrons. The van der Waals surface area contributed by atoms with Gasteiger partial charge in [-0.15, -0.1) is 0 Å². The average Bonchev–Trinajstić information content (AvgIpc) is 1.46. The Morgan fingerprint density at radius 3 is 1.20 bits per heavy atom. The van der Waals surface area contributed by atoms with Gasteiger partial charge in [0.15, 0.2) is 0 Å². The normalized spacial score (nSPS) is 2.80. The van der Waals surface area contributed by atoms with E-state index in [1.165, 1.54) is 0 Å². The Morgan fingerprint density at radius 1 is 1.20 bits per heavy atom. The first-order valence-electron chi connectivity index (χ1n) is 0.537. The minimum absolute atomic E-state index is 2.27. The molecule has 0 aliphatic rings. The van der Waals surface area contributed by atoms with Gasteiger partial charge < -0.3 is 0 Å². The molecule has 32 valence electrons. The molecule has 0 aromatic heterocycles. The molecule has 0 atom stereocenters. The van der Waals surface area contributed by atoms with Crippen LogP contribution < -0.4 is 0 Å². The minimum atomic E-state index is -2.27. The zero-order chi connectivity index (χ0) is 4.71. The molecule has 0 aliphatic carbocycles. The summed E-state index contributed by atoms with van der Waals surface area (Å²) >= 11 is 0.355. The number of rotatable bonds is 0. The summed E-state index contributed by atoms with van der Waals surface area (Å²) in [6, 6.07) is 0. The van der Waals surface area contributed by atoms with Crippen molar-refractivity contribution in [1.82, 2.24) is 0 Å². The van der Waals surface area contributed by atoms with E-state index in [9.17, 15) is 0 Å². The quantitative estimate of drug-likeness (QED) is 0.499. The van der Waals surface area contributed by atoms with Crippen LogP contribution in [0.15, 0.2) is 0 Å². The van der Waals surface area contributed by atoms with Crippen molar-refractivity contribution in [3.05, 3.63) is 0 Å². The molecule has 0 rings (SSSR count). The van der Waals surface area contributed by atoms with E-state index in [0.717, 1.165) is 0 Å². The molecule has 0 saturated heterocycles. The molecule has 0 fully saturated rings. The summed E-state index contributed by atoms with van der Waals surface area (Å²) in [4.78, 5) is 0. The van der Waals surface area contributed by atoms with Crippen LogP contribution in [0.3, 0.4) is 0 Å². The second kappa shape index (κ2) is 21.6. The predicted molar refractivity (Wildman–Crippen MR) is 2.06 cm³/mol. The summed E-state index contributed by atoms with van der Waals surface area (Å²) in [5, 5.41) is 0. The van der Waals surface area contributed by atoms with Gasteiger partial charge in [0.25, 0.3) is 0 Å². The molecule has 0 aromatic rings. The molecular formula is NiO3Zr. The molecule has 0 heterocycles. The zero-order valence-electron chi connectivity index (χ0n) is 2.04. The summed E-state index contributed by atoms with van der Waals surface area (Å²) in [6.07, 6.45) is 0. The molecule has 0 unspecified atom stereocenters. The number of hydrogen-bond donors (Lipinski definition) is 0. The van der Waals surface area contributed by atoms with Gasteiger partial charge in [0.1, 0.15) is 0 Å². The zero-order valence-corrected chi connectivity index (χ0v) is 5.49. The first-order chi connectivity index (χ1) is 2.41. The fourth-order valence-electron chi connectivity index (χ4n) is 0. The van der Waals surface area contributed by atoms with E-state index in [4.69, 9.17) is 9.52 Å². The van der Waals surface area contributed by atoms with Crippen LogP contribution >= 0.6 is 0 Å². The van der Waals surface area contributed by atoms with E-state index in [-0.39, 0.29) is 0 Å². The molecule has 0 N–H and O–H groups in total. The SMILES string of the molecule is [O]=[Ni].[O]=[Zr]=[O]. The van der Waals surface area contributed by atoms with Gasteiger partial charge in [-0.3, -0.25) is 0 Å². The predicted octanol–water partition coefficient (Wildman–Crippen LogP) is -0.361. The molecule has 3 nitrogen and oxygen atoms in total.